The number of halogens is 1. The van der Waals surface area contributed by atoms with Gasteiger partial charge < -0.3 is 10.1 Å². The topological polar surface area (TPSA) is 39.1 Å². The highest BCUT2D eigenvalue weighted by Gasteiger charge is 2.16. The second-order valence-corrected chi connectivity index (χ2v) is 4.40. The van der Waals surface area contributed by atoms with Crippen molar-refractivity contribution in [1.82, 2.24) is 15.1 Å². The maximum absolute atomic E-state index is 6.04. The van der Waals surface area contributed by atoms with E-state index in [2.05, 4.69) is 10.4 Å². The van der Waals surface area contributed by atoms with Crippen molar-refractivity contribution in [1.29, 1.82) is 0 Å². The summed E-state index contributed by atoms with van der Waals surface area (Å²) in [5.74, 6) is 0.677. The maximum Gasteiger partial charge on any atom is 0.137 e. The van der Waals surface area contributed by atoms with Crippen LogP contribution in [-0.4, -0.2) is 23.9 Å². The average Bonchev–Trinajstić information content (AvgIpc) is 2.79. The van der Waals surface area contributed by atoms with E-state index in [4.69, 9.17) is 16.3 Å². The molecule has 1 unspecified atom stereocenters. The molecule has 0 amide bonds. The van der Waals surface area contributed by atoms with Crippen molar-refractivity contribution < 1.29 is 4.74 Å². The van der Waals surface area contributed by atoms with E-state index in [0.29, 0.717) is 10.8 Å². The Morgan fingerprint density at radius 1 is 1.39 bits per heavy atom. The number of rotatable bonds is 4. The van der Waals surface area contributed by atoms with Crippen LogP contribution in [0.1, 0.15) is 17.3 Å². The molecule has 0 fully saturated rings. The van der Waals surface area contributed by atoms with E-state index in [1.54, 1.807) is 13.3 Å². The smallest absolute Gasteiger partial charge is 0.137 e. The van der Waals surface area contributed by atoms with E-state index in [0.717, 1.165) is 11.3 Å². The molecule has 0 aliphatic rings. The summed E-state index contributed by atoms with van der Waals surface area (Å²) in [5.41, 5.74) is 2.17. The average molecular weight is 266 g/mol. The Morgan fingerprint density at radius 3 is 2.72 bits per heavy atom. The predicted molar refractivity (Wildman–Crippen MR) is 72.1 cm³/mol. The molecule has 1 atom stereocenters. The highest BCUT2D eigenvalue weighted by molar-refractivity contribution is 6.32. The number of hydrogen-bond donors (Lipinski definition) is 1. The lowest BCUT2D eigenvalue weighted by Gasteiger charge is -2.18. The number of nitrogens with one attached hydrogen (secondary N) is 1. The van der Waals surface area contributed by atoms with Crippen LogP contribution >= 0.6 is 11.6 Å². The normalized spacial score (nSPS) is 12.4. The Balaban J connectivity index is 2.42. The minimum Gasteiger partial charge on any atom is -0.495 e. The van der Waals surface area contributed by atoms with Gasteiger partial charge in [-0.05, 0) is 30.8 Å². The van der Waals surface area contributed by atoms with Gasteiger partial charge in [0.2, 0.25) is 0 Å². The molecular weight excluding hydrogens is 250 g/mol. The number of benzene rings is 1. The molecule has 0 spiro atoms. The summed E-state index contributed by atoms with van der Waals surface area (Å²) in [5, 5.41) is 8.08. The first-order chi connectivity index (χ1) is 8.67. The zero-order chi connectivity index (χ0) is 13.1. The second-order valence-electron chi connectivity index (χ2n) is 4.00. The van der Waals surface area contributed by atoms with Gasteiger partial charge >= 0.3 is 0 Å². The van der Waals surface area contributed by atoms with Crippen LogP contribution in [0.5, 0.6) is 5.75 Å². The third-order valence-electron chi connectivity index (χ3n) is 2.95. The maximum atomic E-state index is 6.04. The number of hydrogen-bond acceptors (Lipinski definition) is 3. The Hall–Kier alpha value is -1.52. The first-order valence-corrected chi connectivity index (χ1v) is 6.03. The molecule has 18 heavy (non-hydrogen) atoms. The van der Waals surface area contributed by atoms with Gasteiger partial charge in [0.25, 0.3) is 0 Å². The summed E-state index contributed by atoms with van der Waals surface area (Å²) in [6.07, 6.45) is 1.78. The SMILES string of the molecule is CNC(c1ccc(Cl)c(OC)c1)c1ccnn1C. The van der Waals surface area contributed by atoms with Gasteiger partial charge in [0.05, 0.1) is 23.9 Å². The minimum absolute atomic E-state index is 0.0590. The molecule has 1 heterocycles. The molecule has 2 rings (SSSR count). The van der Waals surface area contributed by atoms with Gasteiger partial charge in [-0.1, -0.05) is 17.7 Å². The lowest BCUT2D eigenvalue weighted by atomic mass is 10.0. The van der Waals surface area contributed by atoms with Gasteiger partial charge in [0.1, 0.15) is 5.75 Å². The van der Waals surface area contributed by atoms with Crippen LogP contribution in [0.25, 0.3) is 0 Å². The fourth-order valence-electron chi connectivity index (χ4n) is 2.01. The quantitative estimate of drug-likeness (QED) is 0.923. The van der Waals surface area contributed by atoms with Crippen LogP contribution in [0.2, 0.25) is 5.02 Å². The Morgan fingerprint density at radius 2 is 2.17 bits per heavy atom. The van der Waals surface area contributed by atoms with Crippen LogP contribution in [0.3, 0.4) is 0 Å². The van der Waals surface area contributed by atoms with E-state index >= 15 is 0 Å². The predicted octanol–water partition coefficient (Wildman–Crippen LogP) is 2.39. The summed E-state index contributed by atoms with van der Waals surface area (Å²) >= 11 is 6.04. The molecule has 0 saturated heterocycles. The first-order valence-electron chi connectivity index (χ1n) is 5.66. The summed E-state index contributed by atoms with van der Waals surface area (Å²) in [6.45, 7) is 0. The fourth-order valence-corrected chi connectivity index (χ4v) is 2.20. The van der Waals surface area contributed by atoms with Crippen molar-refractivity contribution in [3.8, 4) is 5.75 Å². The lowest BCUT2D eigenvalue weighted by molar-refractivity contribution is 0.414. The van der Waals surface area contributed by atoms with Crippen LogP contribution in [0, 0.1) is 0 Å². The molecule has 0 aliphatic heterocycles. The van der Waals surface area contributed by atoms with E-state index in [9.17, 15) is 0 Å². The zero-order valence-electron chi connectivity index (χ0n) is 10.6. The lowest BCUT2D eigenvalue weighted by Crippen LogP contribution is -2.20. The largest absolute Gasteiger partial charge is 0.495 e. The minimum atomic E-state index is 0.0590. The monoisotopic (exact) mass is 265 g/mol. The van der Waals surface area contributed by atoms with Crippen molar-refractivity contribution in [2.24, 2.45) is 7.05 Å². The molecule has 96 valence electrons. The molecule has 1 N–H and O–H groups in total. The number of nitrogens with zero attached hydrogens (tertiary/aromatic N) is 2. The van der Waals surface area contributed by atoms with Crippen LogP contribution in [0.4, 0.5) is 0 Å². The standard InChI is InChI=1S/C13H16ClN3O/c1-15-13(11-6-7-16-17(11)2)9-4-5-10(14)12(8-9)18-3/h4-8,13,15H,1-3H3. The Kier molecular flexibility index (Phi) is 3.89. The second kappa shape index (κ2) is 5.42. The van der Waals surface area contributed by atoms with E-state index in [1.807, 2.05) is 43.0 Å². The van der Waals surface area contributed by atoms with Gasteiger partial charge in [-0.25, -0.2) is 0 Å². The molecule has 4 nitrogen and oxygen atoms in total. The highest BCUT2D eigenvalue weighted by Crippen LogP contribution is 2.30. The van der Waals surface area contributed by atoms with Gasteiger partial charge in [-0.15, -0.1) is 0 Å². The number of aromatic nitrogens is 2. The van der Waals surface area contributed by atoms with Crippen molar-refractivity contribution in [2.75, 3.05) is 14.2 Å². The summed E-state index contributed by atoms with van der Waals surface area (Å²) in [7, 11) is 5.45. The van der Waals surface area contributed by atoms with E-state index in [-0.39, 0.29) is 6.04 Å². The number of ether oxygens (including phenoxy) is 1. The zero-order valence-corrected chi connectivity index (χ0v) is 11.4. The molecule has 0 aliphatic carbocycles. The van der Waals surface area contributed by atoms with Crippen molar-refractivity contribution >= 4 is 11.6 Å². The fraction of sp³-hybridized carbons (Fsp3) is 0.308. The molecule has 1 aromatic carbocycles. The Bertz CT molecular complexity index is 539. The van der Waals surface area contributed by atoms with Crippen molar-refractivity contribution in [3.05, 3.63) is 46.7 Å². The molecule has 0 saturated carbocycles. The van der Waals surface area contributed by atoms with Crippen molar-refractivity contribution in [2.45, 2.75) is 6.04 Å². The highest BCUT2D eigenvalue weighted by atomic mass is 35.5. The summed E-state index contributed by atoms with van der Waals surface area (Å²) < 4.78 is 7.10. The van der Waals surface area contributed by atoms with E-state index in [1.165, 1.54) is 0 Å². The van der Waals surface area contributed by atoms with Gasteiger partial charge in [-0.3, -0.25) is 4.68 Å². The van der Waals surface area contributed by atoms with Crippen LogP contribution in [-0.2, 0) is 7.05 Å². The summed E-state index contributed by atoms with van der Waals surface area (Å²) in [4.78, 5) is 0. The summed E-state index contributed by atoms with van der Waals surface area (Å²) in [6, 6.07) is 7.82. The van der Waals surface area contributed by atoms with Gasteiger partial charge in [-0.2, -0.15) is 5.10 Å². The molecular formula is C13H16ClN3O. The number of methoxy groups -OCH3 is 1. The molecule has 2 aromatic rings. The third-order valence-corrected chi connectivity index (χ3v) is 3.26. The number of aryl methyl sites for hydroxylation is 1. The molecule has 5 heteroatoms. The third kappa shape index (κ3) is 2.35. The molecule has 1 aromatic heterocycles. The molecule has 0 bridgehead atoms. The van der Waals surface area contributed by atoms with E-state index < -0.39 is 0 Å². The molecule has 0 radical (unpaired) electrons. The van der Waals surface area contributed by atoms with Crippen LogP contribution < -0.4 is 10.1 Å². The van der Waals surface area contributed by atoms with Crippen molar-refractivity contribution in [3.63, 3.8) is 0 Å². The van der Waals surface area contributed by atoms with Gasteiger partial charge in [0, 0.05) is 13.2 Å². The first kappa shape index (κ1) is 12.9. The van der Waals surface area contributed by atoms with Gasteiger partial charge in [0.15, 0.2) is 0 Å². The van der Waals surface area contributed by atoms with Crippen LogP contribution in [0.15, 0.2) is 30.5 Å². The Labute approximate surface area is 112 Å².